The number of benzene rings is 2. The number of aryl methyl sites for hydroxylation is 1. The molecule has 0 radical (unpaired) electrons. The van der Waals surface area contributed by atoms with Crippen molar-refractivity contribution in [3.8, 4) is 5.75 Å². The molecule has 0 saturated carbocycles. The lowest BCUT2D eigenvalue weighted by molar-refractivity contribution is -0.116. The second-order valence-electron chi connectivity index (χ2n) is 5.79. The summed E-state index contributed by atoms with van der Waals surface area (Å²) >= 11 is 5.95. The van der Waals surface area contributed by atoms with Gasteiger partial charge in [-0.1, -0.05) is 23.7 Å². The standard InChI is InChI=1S/C19H21ClN2O3/c1-22(2)19(24)14-7-4-13(5-8-14)6-11-18(23)21-16-12-15(20)9-10-17(16)25-3/h4-5,7-10,12H,6,11H2,1-3H3,(H,21,23). The third kappa shape index (κ3) is 5.22. The highest BCUT2D eigenvalue weighted by Gasteiger charge is 2.10. The first-order valence-electron chi connectivity index (χ1n) is 7.84. The number of nitrogens with zero attached hydrogens (tertiary/aromatic N) is 1. The molecule has 2 aromatic carbocycles. The molecule has 132 valence electrons. The van der Waals surface area contributed by atoms with Crippen molar-refractivity contribution in [1.82, 2.24) is 4.90 Å². The maximum atomic E-state index is 12.2. The van der Waals surface area contributed by atoms with Crippen LogP contribution in [0.3, 0.4) is 0 Å². The van der Waals surface area contributed by atoms with Gasteiger partial charge in [0.05, 0.1) is 12.8 Å². The first-order chi connectivity index (χ1) is 11.9. The topological polar surface area (TPSA) is 58.6 Å². The number of hydrogen-bond acceptors (Lipinski definition) is 3. The minimum Gasteiger partial charge on any atom is -0.495 e. The van der Waals surface area contributed by atoms with Crippen molar-refractivity contribution in [1.29, 1.82) is 0 Å². The number of nitrogens with one attached hydrogen (secondary N) is 1. The minimum absolute atomic E-state index is 0.0441. The number of rotatable bonds is 6. The number of halogens is 1. The number of ether oxygens (including phenoxy) is 1. The summed E-state index contributed by atoms with van der Waals surface area (Å²) in [6.45, 7) is 0. The summed E-state index contributed by atoms with van der Waals surface area (Å²) in [4.78, 5) is 25.5. The molecule has 0 saturated heterocycles. The second-order valence-corrected chi connectivity index (χ2v) is 6.23. The Hall–Kier alpha value is -2.53. The van der Waals surface area contributed by atoms with Crippen molar-refractivity contribution < 1.29 is 14.3 Å². The molecule has 2 amide bonds. The highest BCUT2D eigenvalue weighted by Crippen LogP contribution is 2.27. The van der Waals surface area contributed by atoms with E-state index in [-0.39, 0.29) is 11.8 Å². The summed E-state index contributed by atoms with van der Waals surface area (Å²) in [7, 11) is 4.96. The van der Waals surface area contributed by atoms with E-state index >= 15 is 0 Å². The number of hydrogen-bond donors (Lipinski definition) is 1. The number of methoxy groups -OCH3 is 1. The summed E-state index contributed by atoms with van der Waals surface area (Å²) in [6, 6.07) is 12.3. The first-order valence-corrected chi connectivity index (χ1v) is 8.22. The van der Waals surface area contributed by atoms with Crippen LogP contribution in [0.4, 0.5) is 5.69 Å². The Bertz CT molecular complexity index is 758. The average molecular weight is 361 g/mol. The summed E-state index contributed by atoms with van der Waals surface area (Å²) < 4.78 is 5.21. The maximum Gasteiger partial charge on any atom is 0.253 e. The smallest absolute Gasteiger partial charge is 0.253 e. The molecule has 0 atom stereocenters. The van der Waals surface area contributed by atoms with Gasteiger partial charge in [0.2, 0.25) is 5.91 Å². The van der Waals surface area contributed by atoms with E-state index in [1.807, 2.05) is 12.1 Å². The predicted octanol–water partition coefficient (Wildman–Crippen LogP) is 3.62. The van der Waals surface area contributed by atoms with Gasteiger partial charge in [-0.2, -0.15) is 0 Å². The van der Waals surface area contributed by atoms with E-state index in [1.54, 1.807) is 44.4 Å². The summed E-state index contributed by atoms with van der Waals surface area (Å²) in [5, 5.41) is 3.33. The van der Waals surface area contributed by atoms with Crippen LogP contribution in [-0.2, 0) is 11.2 Å². The molecule has 6 heteroatoms. The molecule has 0 aliphatic heterocycles. The number of carbonyl (C=O) groups excluding carboxylic acids is 2. The lowest BCUT2D eigenvalue weighted by Gasteiger charge is -2.11. The Morgan fingerprint density at radius 1 is 1.12 bits per heavy atom. The van der Waals surface area contributed by atoms with Crippen LogP contribution in [-0.4, -0.2) is 37.9 Å². The maximum absolute atomic E-state index is 12.2. The molecule has 2 rings (SSSR count). The van der Waals surface area contributed by atoms with E-state index in [9.17, 15) is 9.59 Å². The molecular weight excluding hydrogens is 340 g/mol. The summed E-state index contributed by atoms with van der Waals surface area (Å²) in [6.07, 6.45) is 0.891. The number of amides is 2. The van der Waals surface area contributed by atoms with Crippen LogP contribution < -0.4 is 10.1 Å². The number of carbonyl (C=O) groups is 2. The van der Waals surface area contributed by atoms with E-state index in [2.05, 4.69) is 5.32 Å². The van der Waals surface area contributed by atoms with E-state index in [1.165, 1.54) is 12.0 Å². The van der Waals surface area contributed by atoms with Gasteiger partial charge in [-0.05, 0) is 42.3 Å². The van der Waals surface area contributed by atoms with Gasteiger partial charge in [-0.15, -0.1) is 0 Å². The van der Waals surface area contributed by atoms with E-state index < -0.39 is 0 Å². The molecule has 0 unspecified atom stereocenters. The van der Waals surface area contributed by atoms with Crippen molar-refractivity contribution in [2.45, 2.75) is 12.8 Å². The molecule has 0 aliphatic carbocycles. The van der Waals surface area contributed by atoms with Gasteiger partial charge < -0.3 is 15.0 Å². The Balaban J connectivity index is 1.94. The quantitative estimate of drug-likeness (QED) is 0.855. The molecule has 0 aromatic heterocycles. The zero-order valence-corrected chi connectivity index (χ0v) is 15.3. The van der Waals surface area contributed by atoms with Gasteiger partial charge in [-0.3, -0.25) is 9.59 Å². The predicted molar refractivity (Wildman–Crippen MR) is 99.4 cm³/mol. The van der Waals surface area contributed by atoms with Crippen LogP contribution in [0.2, 0.25) is 5.02 Å². The van der Waals surface area contributed by atoms with Crippen molar-refractivity contribution in [3.05, 3.63) is 58.6 Å². The van der Waals surface area contributed by atoms with E-state index in [4.69, 9.17) is 16.3 Å². The van der Waals surface area contributed by atoms with Crippen LogP contribution >= 0.6 is 11.6 Å². The van der Waals surface area contributed by atoms with E-state index in [0.717, 1.165) is 5.56 Å². The fraction of sp³-hybridized carbons (Fsp3) is 0.263. The van der Waals surface area contributed by atoms with Gasteiger partial charge in [0.15, 0.2) is 0 Å². The van der Waals surface area contributed by atoms with Crippen molar-refractivity contribution in [3.63, 3.8) is 0 Å². The lowest BCUT2D eigenvalue weighted by atomic mass is 10.1. The van der Waals surface area contributed by atoms with Gasteiger partial charge in [-0.25, -0.2) is 0 Å². The van der Waals surface area contributed by atoms with Crippen LogP contribution in [0.1, 0.15) is 22.3 Å². The molecule has 0 bridgehead atoms. The SMILES string of the molecule is COc1ccc(Cl)cc1NC(=O)CCc1ccc(C(=O)N(C)C)cc1. The molecule has 0 fully saturated rings. The third-order valence-electron chi connectivity index (χ3n) is 3.68. The fourth-order valence-corrected chi connectivity index (χ4v) is 2.49. The third-order valence-corrected chi connectivity index (χ3v) is 3.92. The minimum atomic E-state index is -0.131. The van der Waals surface area contributed by atoms with Crippen LogP contribution in [0.25, 0.3) is 0 Å². The van der Waals surface area contributed by atoms with Gasteiger partial charge in [0.1, 0.15) is 5.75 Å². The molecule has 2 aromatic rings. The molecule has 25 heavy (non-hydrogen) atoms. The Kier molecular flexibility index (Phi) is 6.42. The molecular formula is C19H21ClN2O3. The Morgan fingerprint density at radius 3 is 2.40 bits per heavy atom. The highest BCUT2D eigenvalue weighted by molar-refractivity contribution is 6.31. The Labute approximate surface area is 152 Å². The molecule has 1 N–H and O–H groups in total. The second kappa shape index (κ2) is 8.53. The Morgan fingerprint density at radius 2 is 1.80 bits per heavy atom. The molecule has 0 heterocycles. The zero-order valence-electron chi connectivity index (χ0n) is 14.5. The van der Waals surface area contributed by atoms with Gasteiger partial charge in [0.25, 0.3) is 5.91 Å². The first kappa shape index (κ1) is 18.8. The zero-order chi connectivity index (χ0) is 18.4. The highest BCUT2D eigenvalue weighted by atomic mass is 35.5. The molecule has 0 aliphatic rings. The van der Waals surface area contributed by atoms with Crippen LogP contribution in [0.5, 0.6) is 5.75 Å². The lowest BCUT2D eigenvalue weighted by Crippen LogP contribution is -2.21. The van der Waals surface area contributed by atoms with Crippen LogP contribution in [0, 0.1) is 0 Å². The van der Waals surface area contributed by atoms with Gasteiger partial charge >= 0.3 is 0 Å². The normalized spacial score (nSPS) is 10.2. The largest absolute Gasteiger partial charge is 0.495 e. The monoisotopic (exact) mass is 360 g/mol. The summed E-state index contributed by atoms with van der Waals surface area (Å²) in [5.74, 6) is 0.385. The van der Waals surface area contributed by atoms with Crippen LogP contribution in [0.15, 0.2) is 42.5 Å². The fourth-order valence-electron chi connectivity index (χ4n) is 2.32. The summed E-state index contributed by atoms with van der Waals surface area (Å²) in [5.41, 5.74) is 2.16. The van der Waals surface area contributed by atoms with Crippen molar-refractivity contribution in [2.75, 3.05) is 26.5 Å². The van der Waals surface area contributed by atoms with Gasteiger partial charge in [0, 0.05) is 31.1 Å². The molecule has 5 nitrogen and oxygen atoms in total. The van der Waals surface area contributed by atoms with Crippen molar-refractivity contribution >= 4 is 29.1 Å². The van der Waals surface area contributed by atoms with E-state index in [0.29, 0.717) is 34.9 Å². The molecule has 0 spiro atoms. The average Bonchev–Trinajstić information content (AvgIpc) is 2.60. The number of anilines is 1. The van der Waals surface area contributed by atoms with Crippen molar-refractivity contribution in [2.24, 2.45) is 0 Å².